The third kappa shape index (κ3) is 12.5. The second kappa shape index (κ2) is 15.8. The fourth-order valence-corrected chi connectivity index (χ4v) is 5.50. The summed E-state index contributed by atoms with van der Waals surface area (Å²) in [5, 5.41) is 0. The largest absolute Gasteiger partial charge is 0.475 e. The molecule has 0 N–H and O–H groups in total. The van der Waals surface area contributed by atoms with Gasteiger partial charge in [0, 0.05) is 0 Å². The van der Waals surface area contributed by atoms with Crippen LogP contribution in [0.5, 0.6) is 0 Å². The van der Waals surface area contributed by atoms with Crippen molar-refractivity contribution in [1.29, 1.82) is 0 Å². The van der Waals surface area contributed by atoms with Crippen molar-refractivity contribution < 1.29 is 18.1 Å². The van der Waals surface area contributed by atoms with Gasteiger partial charge in [-0.2, -0.15) is 0 Å². The number of hydrogen-bond donors (Lipinski definition) is 0. The molecular weight excluding hydrogens is 383 g/mol. The van der Waals surface area contributed by atoms with Gasteiger partial charge in [0.25, 0.3) is 0 Å². The molecule has 0 heterocycles. The van der Waals surface area contributed by atoms with Crippen molar-refractivity contribution in [3.8, 4) is 0 Å². The van der Waals surface area contributed by atoms with Crippen LogP contribution in [0.25, 0.3) is 0 Å². The van der Waals surface area contributed by atoms with Gasteiger partial charge < -0.3 is 0 Å². The maximum absolute atomic E-state index is 14.0. The number of phosphoric acid groups is 1. The molecule has 5 heteroatoms. The van der Waals surface area contributed by atoms with E-state index in [1.807, 2.05) is 0 Å². The smallest absolute Gasteiger partial charge is 0.283 e. The Balaban J connectivity index is 5.63. The van der Waals surface area contributed by atoms with E-state index in [1.165, 1.54) is 0 Å². The molecule has 0 rings (SSSR count). The summed E-state index contributed by atoms with van der Waals surface area (Å²) in [5.74, 6) is 0.801. The van der Waals surface area contributed by atoms with Gasteiger partial charge >= 0.3 is 7.82 Å². The van der Waals surface area contributed by atoms with Crippen LogP contribution in [0.15, 0.2) is 0 Å². The Morgan fingerprint density at radius 1 is 0.552 bits per heavy atom. The van der Waals surface area contributed by atoms with Gasteiger partial charge in [-0.25, -0.2) is 4.57 Å². The van der Waals surface area contributed by atoms with Crippen molar-refractivity contribution in [2.75, 3.05) is 0 Å². The summed E-state index contributed by atoms with van der Waals surface area (Å²) in [6.45, 7) is 19.3. The molecule has 4 nitrogen and oxygen atoms in total. The highest BCUT2D eigenvalue weighted by atomic mass is 31.2. The van der Waals surface area contributed by atoms with E-state index in [2.05, 4.69) is 62.3 Å². The zero-order valence-electron chi connectivity index (χ0n) is 20.9. The van der Waals surface area contributed by atoms with Crippen molar-refractivity contribution in [2.24, 2.45) is 17.8 Å². The third-order valence-corrected chi connectivity index (χ3v) is 7.14. The SMILES string of the molecule is CCCCC(OP(=O)(OC(CCCC)C(C)C)OC(CCCC)C(C)C)C(C)C. The van der Waals surface area contributed by atoms with E-state index in [4.69, 9.17) is 13.6 Å². The predicted octanol–water partition coefficient (Wildman–Crippen LogP) is 8.79. The number of unbranched alkanes of at least 4 members (excludes halogenated alkanes) is 3. The van der Waals surface area contributed by atoms with Gasteiger partial charge in [-0.15, -0.1) is 0 Å². The van der Waals surface area contributed by atoms with E-state index in [0.717, 1.165) is 57.8 Å². The fourth-order valence-electron chi connectivity index (χ4n) is 3.31. The summed E-state index contributed by atoms with van der Waals surface area (Å²) in [5.41, 5.74) is 0. The molecule has 3 atom stereocenters. The molecule has 0 aliphatic carbocycles. The zero-order valence-corrected chi connectivity index (χ0v) is 21.8. The van der Waals surface area contributed by atoms with Crippen LogP contribution in [0, 0.1) is 17.8 Å². The Labute approximate surface area is 182 Å². The normalized spacial score (nSPS) is 17.7. The van der Waals surface area contributed by atoms with Crippen LogP contribution in [0.3, 0.4) is 0 Å². The molecule has 0 saturated heterocycles. The Hall–Kier alpha value is 0.110. The quantitative estimate of drug-likeness (QED) is 0.202. The molecule has 3 unspecified atom stereocenters. The van der Waals surface area contributed by atoms with E-state index in [9.17, 15) is 4.57 Å². The second-order valence-corrected chi connectivity index (χ2v) is 11.1. The first-order valence-electron chi connectivity index (χ1n) is 12.2. The molecule has 0 aromatic heterocycles. The average molecular weight is 435 g/mol. The van der Waals surface area contributed by atoms with Crippen molar-refractivity contribution >= 4 is 7.82 Å². The van der Waals surface area contributed by atoms with Crippen LogP contribution in [-0.4, -0.2) is 18.3 Å². The monoisotopic (exact) mass is 434 g/mol. The molecule has 0 aromatic carbocycles. The summed E-state index contributed by atoms with van der Waals surface area (Å²) in [6, 6.07) is 0. The van der Waals surface area contributed by atoms with E-state index in [1.54, 1.807) is 0 Å². The Morgan fingerprint density at radius 3 is 0.966 bits per heavy atom. The lowest BCUT2D eigenvalue weighted by Crippen LogP contribution is -2.27. The predicted molar refractivity (Wildman–Crippen MR) is 125 cm³/mol. The second-order valence-electron chi connectivity index (χ2n) is 9.54. The lowest BCUT2D eigenvalue weighted by molar-refractivity contribution is -0.00720. The molecule has 0 fully saturated rings. The van der Waals surface area contributed by atoms with Crippen LogP contribution in [0.2, 0.25) is 0 Å². The van der Waals surface area contributed by atoms with Crippen LogP contribution >= 0.6 is 7.82 Å². The van der Waals surface area contributed by atoms with Gasteiger partial charge in [0.2, 0.25) is 0 Å². The van der Waals surface area contributed by atoms with Crippen LogP contribution in [0.4, 0.5) is 0 Å². The maximum atomic E-state index is 14.0. The van der Waals surface area contributed by atoms with Gasteiger partial charge in [0.1, 0.15) is 0 Å². The van der Waals surface area contributed by atoms with Gasteiger partial charge in [0.05, 0.1) is 18.3 Å². The summed E-state index contributed by atoms with van der Waals surface area (Å²) in [6.07, 6.45) is 8.74. The minimum Gasteiger partial charge on any atom is -0.283 e. The van der Waals surface area contributed by atoms with Crippen molar-refractivity contribution in [2.45, 2.75) is 138 Å². The molecule has 0 saturated carbocycles. The van der Waals surface area contributed by atoms with Crippen LogP contribution in [0.1, 0.15) is 120 Å². The fraction of sp³-hybridized carbons (Fsp3) is 1.00. The Kier molecular flexibility index (Phi) is 15.9. The van der Waals surface area contributed by atoms with Crippen LogP contribution in [-0.2, 0) is 18.1 Å². The zero-order chi connectivity index (χ0) is 22.4. The van der Waals surface area contributed by atoms with Gasteiger partial charge in [0.15, 0.2) is 0 Å². The number of phosphoric ester groups is 1. The van der Waals surface area contributed by atoms with E-state index in [0.29, 0.717) is 0 Å². The molecule has 0 aliphatic heterocycles. The van der Waals surface area contributed by atoms with E-state index >= 15 is 0 Å². The molecular formula is C24H51O4P. The molecule has 0 radical (unpaired) electrons. The van der Waals surface area contributed by atoms with Gasteiger partial charge in [-0.3, -0.25) is 13.6 Å². The molecule has 0 aromatic rings. The Morgan fingerprint density at radius 2 is 0.793 bits per heavy atom. The maximum Gasteiger partial charge on any atom is 0.475 e. The highest BCUT2D eigenvalue weighted by Crippen LogP contribution is 2.56. The van der Waals surface area contributed by atoms with E-state index < -0.39 is 7.82 Å². The molecule has 29 heavy (non-hydrogen) atoms. The van der Waals surface area contributed by atoms with Gasteiger partial charge in [-0.1, -0.05) is 101 Å². The Bertz CT molecular complexity index is 375. The van der Waals surface area contributed by atoms with Crippen molar-refractivity contribution in [3.05, 3.63) is 0 Å². The lowest BCUT2D eigenvalue weighted by atomic mass is 10.0. The summed E-state index contributed by atoms with van der Waals surface area (Å²) in [4.78, 5) is 0. The molecule has 0 aliphatic rings. The first-order chi connectivity index (χ1) is 13.6. The van der Waals surface area contributed by atoms with Gasteiger partial charge in [-0.05, 0) is 37.0 Å². The summed E-state index contributed by atoms with van der Waals surface area (Å²) >= 11 is 0. The summed E-state index contributed by atoms with van der Waals surface area (Å²) in [7, 11) is -3.67. The van der Waals surface area contributed by atoms with Crippen LogP contribution < -0.4 is 0 Å². The molecule has 0 spiro atoms. The molecule has 0 amide bonds. The number of hydrogen-bond acceptors (Lipinski definition) is 4. The minimum atomic E-state index is -3.67. The lowest BCUT2D eigenvalue weighted by Gasteiger charge is -2.33. The summed E-state index contributed by atoms with van der Waals surface area (Å²) < 4.78 is 32.7. The topological polar surface area (TPSA) is 44.8 Å². The number of rotatable bonds is 18. The van der Waals surface area contributed by atoms with Crippen molar-refractivity contribution in [3.63, 3.8) is 0 Å². The minimum absolute atomic E-state index is 0.112. The average Bonchev–Trinajstić information content (AvgIpc) is 2.65. The molecule has 0 bridgehead atoms. The van der Waals surface area contributed by atoms with Crippen molar-refractivity contribution in [1.82, 2.24) is 0 Å². The highest BCUT2D eigenvalue weighted by Gasteiger charge is 2.38. The van der Waals surface area contributed by atoms with E-state index in [-0.39, 0.29) is 36.1 Å². The first kappa shape index (κ1) is 29.1. The molecule has 176 valence electrons. The highest BCUT2D eigenvalue weighted by molar-refractivity contribution is 7.48. The first-order valence-corrected chi connectivity index (χ1v) is 13.7. The third-order valence-electron chi connectivity index (χ3n) is 5.55. The standard InChI is InChI=1S/C24H51O4P/c1-10-13-16-22(19(4)5)26-29(25,27-23(20(6)7)17-14-11-2)28-24(21(8)9)18-15-12-3/h19-24H,10-18H2,1-9H3.